The van der Waals surface area contributed by atoms with Crippen LogP contribution < -0.4 is 0 Å². The first kappa shape index (κ1) is 16.5. The molecule has 1 heterocycles. The Kier molecular flexibility index (Phi) is 5.95. The lowest BCUT2D eigenvalue weighted by molar-refractivity contribution is -0.0368. The molecule has 0 aliphatic carbocycles. The van der Waals surface area contributed by atoms with E-state index < -0.39 is 18.4 Å². The molecular formula is C17H22FNO3. The van der Waals surface area contributed by atoms with Crippen molar-refractivity contribution in [1.29, 1.82) is 0 Å². The highest BCUT2D eigenvalue weighted by atomic mass is 19.1. The van der Waals surface area contributed by atoms with E-state index in [1.807, 2.05) is 37.3 Å². The van der Waals surface area contributed by atoms with E-state index in [-0.39, 0.29) is 13.2 Å². The predicted octanol–water partition coefficient (Wildman–Crippen LogP) is 3.33. The molecule has 1 aromatic carbocycles. The van der Waals surface area contributed by atoms with Crippen LogP contribution in [0.2, 0.25) is 0 Å². The van der Waals surface area contributed by atoms with Gasteiger partial charge in [-0.1, -0.05) is 42.5 Å². The van der Waals surface area contributed by atoms with Gasteiger partial charge in [-0.15, -0.1) is 0 Å². The van der Waals surface area contributed by atoms with Gasteiger partial charge in [0, 0.05) is 6.54 Å². The Morgan fingerprint density at radius 1 is 1.41 bits per heavy atom. The fourth-order valence-electron chi connectivity index (χ4n) is 2.30. The largest absolute Gasteiger partial charge is 0.445 e. The molecule has 1 fully saturated rings. The molecule has 0 spiro atoms. The number of alkyl halides is 1. The van der Waals surface area contributed by atoms with Crippen molar-refractivity contribution < 1.29 is 18.7 Å². The maximum atomic E-state index is 14.1. The summed E-state index contributed by atoms with van der Waals surface area (Å²) < 4.78 is 24.7. The molecule has 1 aromatic rings. The smallest absolute Gasteiger partial charge is 0.410 e. The zero-order valence-corrected chi connectivity index (χ0v) is 12.8. The van der Waals surface area contributed by atoms with E-state index in [9.17, 15) is 9.18 Å². The van der Waals surface area contributed by atoms with Gasteiger partial charge in [0.1, 0.15) is 12.8 Å². The van der Waals surface area contributed by atoms with Gasteiger partial charge in [0.25, 0.3) is 0 Å². The maximum Gasteiger partial charge on any atom is 0.410 e. The average Bonchev–Trinajstić information content (AvgIpc) is 2.52. The van der Waals surface area contributed by atoms with Crippen LogP contribution in [-0.2, 0) is 16.1 Å². The van der Waals surface area contributed by atoms with Crippen LogP contribution in [0.4, 0.5) is 9.18 Å². The van der Waals surface area contributed by atoms with E-state index >= 15 is 0 Å². The number of benzene rings is 1. The molecule has 120 valence electrons. The summed E-state index contributed by atoms with van der Waals surface area (Å²) in [6, 6.07) is 9.41. The van der Waals surface area contributed by atoms with E-state index in [1.165, 1.54) is 4.90 Å². The lowest BCUT2D eigenvalue weighted by atomic mass is 10.1. The van der Waals surface area contributed by atoms with Gasteiger partial charge in [-0.3, -0.25) is 0 Å². The number of ether oxygens (including phenoxy) is 2. The molecule has 0 aromatic heterocycles. The van der Waals surface area contributed by atoms with E-state index in [0.29, 0.717) is 19.6 Å². The molecule has 1 aliphatic rings. The van der Waals surface area contributed by atoms with E-state index in [2.05, 4.69) is 6.58 Å². The molecule has 1 amide bonds. The summed E-state index contributed by atoms with van der Waals surface area (Å²) in [5.41, 5.74) is 1.77. The molecule has 0 N–H and O–H groups in total. The summed E-state index contributed by atoms with van der Waals surface area (Å²) in [7, 11) is 0. The third-order valence-corrected chi connectivity index (χ3v) is 3.49. The maximum absolute atomic E-state index is 14.1. The fraction of sp³-hybridized carbons (Fsp3) is 0.471. The second-order valence-corrected chi connectivity index (χ2v) is 5.60. The Morgan fingerprint density at radius 2 is 2.14 bits per heavy atom. The zero-order chi connectivity index (χ0) is 15.9. The first-order chi connectivity index (χ1) is 10.6. The van der Waals surface area contributed by atoms with Crippen molar-refractivity contribution in [3.05, 3.63) is 48.0 Å². The van der Waals surface area contributed by atoms with Gasteiger partial charge in [-0.2, -0.15) is 0 Å². The number of carbonyl (C=O) groups excluding carboxylic acids is 1. The highest BCUT2D eigenvalue weighted by Gasteiger charge is 2.32. The monoisotopic (exact) mass is 307 g/mol. The highest BCUT2D eigenvalue weighted by Crippen LogP contribution is 2.19. The van der Waals surface area contributed by atoms with Crippen LogP contribution in [0.15, 0.2) is 42.5 Å². The molecular weight excluding hydrogens is 285 g/mol. The summed E-state index contributed by atoms with van der Waals surface area (Å²) in [4.78, 5) is 13.4. The van der Waals surface area contributed by atoms with Crippen molar-refractivity contribution in [3.63, 3.8) is 0 Å². The van der Waals surface area contributed by atoms with E-state index in [4.69, 9.17) is 9.47 Å². The minimum atomic E-state index is -1.20. The van der Waals surface area contributed by atoms with Crippen molar-refractivity contribution in [2.45, 2.75) is 32.2 Å². The van der Waals surface area contributed by atoms with E-state index in [1.54, 1.807) is 0 Å². The molecule has 22 heavy (non-hydrogen) atoms. The van der Waals surface area contributed by atoms with Gasteiger partial charge in [0.2, 0.25) is 0 Å². The molecule has 5 heteroatoms. The van der Waals surface area contributed by atoms with Gasteiger partial charge in [0.15, 0.2) is 0 Å². The Labute approximate surface area is 130 Å². The second kappa shape index (κ2) is 7.94. The van der Waals surface area contributed by atoms with Gasteiger partial charge < -0.3 is 14.4 Å². The van der Waals surface area contributed by atoms with Crippen molar-refractivity contribution >= 4 is 6.09 Å². The van der Waals surface area contributed by atoms with Gasteiger partial charge >= 0.3 is 6.09 Å². The lowest BCUT2D eigenvalue weighted by Gasteiger charge is -2.33. The molecule has 2 atom stereocenters. The minimum Gasteiger partial charge on any atom is -0.445 e. The van der Waals surface area contributed by atoms with Crippen LogP contribution in [0.25, 0.3) is 0 Å². The second-order valence-electron chi connectivity index (χ2n) is 5.60. The zero-order valence-electron chi connectivity index (χ0n) is 12.8. The highest BCUT2D eigenvalue weighted by molar-refractivity contribution is 5.67. The summed E-state index contributed by atoms with van der Waals surface area (Å²) in [5, 5.41) is 0. The number of nitrogens with zero attached hydrogens (tertiary/aromatic N) is 1. The quantitative estimate of drug-likeness (QED) is 0.783. The molecule has 1 aliphatic heterocycles. The van der Waals surface area contributed by atoms with Gasteiger partial charge in [-0.05, 0) is 18.9 Å². The van der Waals surface area contributed by atoms with Gasteiger partial charge in [-0.25, -0.2) is 9.18 Å². The molecule has 0 bridgehead atoms. The molecule has 0 unspecified atom stereocenters. The van der Waals surface area contributed by atoms with Crippen LogP contribution in [0.3, 0.4) is 0 Å². The van der Waals surface area contributed by atoms with Crippen molar-refractivity contribution in [2.75, 3.05) is 19.7 Å². The Morgan fingerprint density at radius 3 is 2.77 bits per heavy atom. The number of hydrogen-bond acceptors (Lipinski definition) is 3. The van der Waals surface area contributed by atoms with Crippen LogP contribution in [-0.4, -0.2) is 43.0 Å². The van der Waals surface area contributed by atoms with E-state index in [0.717, 1.165) is 11.1 Å². The number of piperidine rings is 1. The molecule has 0 saturated carbocycles. The number of carbonyl (C=O) groups is 1. The molecule has 1 saturated heterocycles. The normalized spacial score (nSPS) is 21.5. The number of halogens is 1. The number of rotatable bonds is 5. The Balaban J connectivity index is 1.77. The summed E-state index contributed by atoms with van der Waals surface area (Å²) in [5.74, 6) is 0. The third-order valence-electron chi connectivity index (χ3n) is 3.49. The Bertz CT molecular complexity index is 506. The topological polar surface area (TPSA) is 38.8 Å². The summed E-state index contributed by atoms with van der Waals surface area (Å²) >= 11 is 0. The third kappa shape index (κ3) is 4.84. The number of hydrogen-bond donors (Lipinski definition) is 0. The molecule has 2 rings (SSSR count). The minimum absolute atomic E-state index is 0.00841. The number of amides is 1. The lowest BCUT2D eigenvalue weighted by Crippen LogP contribution is -2.48. The standard InChI is InChI=1S/C17H22FNO3/c1-13(2)11-21-16-8-9-19(10-15(16)18)17(20)22-12-14-6-4-3-5-7-14/h3-7,15-16H,1,8-12H2,2H3/t15-,16-/m0/s1. The summed E-state index contributed by atoms with van der Waals surface area (Å²) in [6.07, 6.45) is -1.69. The first-order valence-electron chi connectivity index (χ1n) is 7.42. The molecule has 4 nitrogen and oxygen atoms in total. The van der Waals surface area contributed by atoms with Crippen molar-refractivity contribution in [3.8, 4) is 0 Å². The van der Waals surface area contributed by atoms with Gasteiger partial charge in [0.05, 0.1) is 19.3 Å². The van der Waals surface area contributed by atoms with Crippen molar-refractivity contribution in [2.24, 2.45) is 0 Å². The summed E-state index contributed by atoms with van der Waals surface area (Å²) in [6.45, 7) is 6.56. The van der Waals surface area contributed by atoms with Crippen LogP contribution in [0, 0.1) is 0 Å². The Hall–Kier alpha value is -1.88. The van der Waals surface area contributed by atoms with Crippen LogP contribution in [0.1, 0.15) is 18.9 Å². The average molecular weight is 307 g/mol. The predicted molar refractivity (Wildman–Crippen MR) is 82.3 cm³/mol. The fourth-order valence-corrected chi connectivity index (χ4v) is 2.30. The van der Waals surface area contributed by atoms with Crippen LogP contribution >= 0.6 is 0 Å². The first-order valence-corrected chi connectivity index (χ1v) is 7.42. The van der Waals surface area contributed by atoms with Crippen molar-refractivity contribution in [1.82, 2.24) is 4.90 Å². The van der Waals surface area contributed by atoms with Crippen LogP contribution in [0.5, 0.6) is 0 Å². The SMILES string of the molecule is C=C(C)CO[C@H]1CCN(C(=O)OCc2ccccc2)C[C@@H]1F. The molecule has 0 radical (unpaired) electrons. The number of likely N-dealkylation sites (tertiary alicyclic amines) is 1.